The summed E-state index contributed by atoms with van der Waals surface area (Å²) in [5.41, 5.74) is 0. The number of carbonyl (C=O) groups excluding carboxylic acids is 1. The zero-order valence-corrected chi connectivity index (χ0v) is 16.7. The molecule has 2 heterocycles. The highest BCUT2D eigenvalue weighted by Crippen LogP contribution is 2.24. The number of hydrogen-bond acceptors (Lipinski definition) is 5. The highest BCUT2D eigenvalue weighted by molar-refractivity contribution is 5.69. The van der Waals surface area contributed by atoms with Gasteiger partial charge in [-0.3, -0.25) is 4.79 Å². The van der Waals surface area contributed by atoms with Crippen LogP contribution in [0.1, 0.15) is 91.2 Å². The molecule has 2 unspecified atom stereocenters. The summed E-state index contributed by atoms with van der Waals surface area (Å²) in [6, 6.07) is 0. The summed E-state index contributed by atoms with van der Waals surface area (Å²) in [5.74, 6) is -0.480. The Morgan fingerprint density at radius 3 is 2.07 bits per heavy atom. The predicted octanol–water partition coefficient (Wildman–Crippen LogP) is 4.66. The van der Waals surface area contributed by atoms with E-state index in [1.165, 1.54) is 51.4 Å². The third-order valence-corrected chi connectivity index (χ3v) is 5.19. The number of rotatable bonds is 16. The first-order valence-electron chi connectivity index (χ1n) is 11.5. The molecular formula is C22H38O5. The minimum atomic E-state index is -0.821. The van der Waals surface area contributed by atoms with Crippen molar-refractivity contribution in [3.63, 3.8) is 0 Å². The van der Waals surface area contributed by atoms with Crippen LogP contribution in [0.25, 0.3) is 0 Å². The van der Waals surface area contributed by atoms with Crippen molar-refractivity contribution >= 4 is 5.97 Å². The van der Waals surface area contributed by atoms with Gasteiger partial charge < -0.3 is 19.3 Å². The summed E-state index contributed by atoms with van der Waals surface area (Å²) in [4.78, 5) is 12.1. The van der Waals surface area contributed by atoms with Gasteiger partial charge in [-0.2, -0.15) is 0 Å². The molecule has 5 heteroatoms. The van der Waals surface area contributed by atoms with Crippen LogP contribution in [0.2, 0.25) is 0 Å². The normalized spacial score (nSPS) is 25.4. The van der Waals surface area contributed by atoms with E-state index in [0.29, 0.717) is 19.6 Å². The third-order valence-electron chi connectivity index (χ3n) is 5.19. The molecule has 0 aromatic rings. The number of ether oxygens (including phenoxy) is 3. The van der Waals surface area contributed by atoms with Crippen LogP contribution in [0.3, 0.4) is 0 Å². The van der Waals surface area contributed by atoms with Crippen molar-refractivity contribution in [2.24, 2.45) is 0 Å². The van der Waals surface area contributed by atoms with Gasteiger partial charge in [0.2, 0.25) is 0 Å². The predicted molar refractivity (Wildman–Crippen MR) is 105 cm³/mol. The fraction of sp³-hybridized carbons (Fsp3) is 0.864. The van der Waals surface area contributed by atoms with E-state index < -0.39 is 24.8 Å². The van der Waals surface area contributed by atoms with Gasteiger partial charge in [0.15, 0.2) is 12.4 Å². The molecule has 0 aromatic carbocycles. The number of carbonyl (C=O) groups is 1. The molecule has 2 rings (SSSR count). The van der Waals surface area contributed by atoms with Gasteiger partial charge in [0.25, 0.3) is 0 Å². The van der Waals surface area contributed by atoms with E-state index in [0.717, 1.165) is 25.7 Å². The Labute approximate surface area is 165 Å². The summed E-state index contributed by atoms with van der Waals surface area (Å²) in [7, 11) is 0. The fourth-order valence-electron chi connectivity index (χ4n) is 3.56. The maximum Gasteiger partial charge on any atom is 0.306 e. The van der Waals surface area contributed by atoms with Gasteiger partial charge in [-0.05, 0) is 18.9 Å². The Balaban J connectivity index is 1.38. The molecule has 0 aromatic heterocycles. The van der Waals surface area contributed by atoms with Crippen molar-refractivity contribution in [3.8, 4) is 0 Å². The van der Waals surface area contributed by atoms with Crippen molar-refractivity contribution in [2.45, 2.75) is 108 Å². The van der Waals surface area contributed by atoms with Crippen molar-refractivity contribution in [1.29, 1.82) is 0 Å². The summed E-state index contributed by atoms with van der Waals surface area (Å²) in [6.07, 6.45) is 16.6. The van der Waals surface area contributed by atoms with Crippen molar-refractivity contribution in [3.05, 3.63) is 12.2 Å². The Morgan fingerprint density at radius 1 is 0.926 bits per heavy atom. The first-order valence-corrected chi connectivity index (χ1v) is 10.9. The molecule has 27 heavy (non-hydrogen) atoms. The van der Waals surface area contributed by atoms with Crippen LogP contribution in [-0.2, 0) is 19.0 Å². The second kappa shape index (κ2) is 14.1. The number of aliphatic hydroxyl groups excluding tert-OH is 1. The van der Waals surface area contributed by atoms with Gasteiger partial charge in [-0.1, -0.05) is 76.7 Å². The van der Waals surface area contributed by atoms with Crippen LogP contribution in [0.15, 0.2) is 12.2 Å². The second-order valence-electron chi connectivity index (χ2n) is 7.62. The van der Waals surface area contributed by atoms with Crippen molar-refractivity contribution in [2.75, 3.05) is 13.2 Å². The standard InChI is InChI=1S/C22H38O5/c23-17-13-11-9-7-5-3-1-2-4-6-8-10-12-14-21(24)27-20-16-15-19-18-25-22(20)26-19/h15-16,19-20,22-23H,1-14,17-18H2/t19-,20-,22?/m0/s1/i14D/t14?,19-,20-,22?. The molecular weight excluding hydrogens is 344 g/mol. The molecule has 2 aliphatic heterocycles. The number of unbranched alkanes of at least 4 members (excludes halogenated alkanes) is 11. The minimum Gasteiger partial charge on any atom is -0.453 e. The Bertz CT molecular complexity index is 456. The van der Waals surface area contributed by atoms with E-state index in [2.05, 4.69) is 0 Å². The summed E-state index contributed by atoms with van der Waals surface area (Å²) >= 11 is 0. The van der Waals surface area contributed by atoms with Crippen molar-refractivity contribution < 1.29 is 25.5 Å². The lowest BCUT2D eigenvalue weighted by Crippen LogP contribution is -2.33. The van der Waals surface area contributed by atoms with Crippen LogP contribution in [0.4, 0.5) is 0 Å². The highest BCUT2D eigenvalue weighted by Gasteiger charge is 2.36. The largest absolute Gasteiger partial charge is 0.453 e. The SMILES string of the molecule is [2H]C(CCCCCCCCCCCCCCO)C(=O)O[C@H]1C=C[C@H]2COC1O2. The van der Waals surface area contributed by atoms with Gasteiger partial charge in [-0.25, -0.2) is 0 Å². The van der Waals surface area contributed by atoms with E-state index in [-0.39, 0.29) is 6.10 Å². The lowest BCUT2D eigenvalue weighted by atomic mass is 10.0. The van der Waals surface area contributed by atoms with Gasteiger partial charge in [0.1, 0.15) is 6.10 Å². The van der Waals surface area contributed by atoms with E-state index in [1.54, 1.807) is 0 Å². The van der Waals surface area contributed by atoms with Gasteiger partial charge in [0.05, 0.1) is 6.61 Å². The maximum absolute atomic E-state index is 12.1. The number of hydrogen-bond donors (Lipinski definition) is 1. The molecule has 1 saturated heterocycles. The lowest BCUT2D eigenvalue weighted by Gasteiger charge is -2.22. The molecule has 156 valence electrons. The molecule has 2 aliphatic rings. The molecule has 0 radical (unpaired) electrons. The Hall–Kier alpha value is -0.910. The van der Waals surface area contributed by atoms with Crippen LogP contribution < -0.4 is 0 Å². The van der Waals surface area contributed by atoms with E-state index in [9.17, 15) is 4.79 Å². The molecule has 0 aliphatic carbocycles. The van der Waals surface area contributed by atoms with Crippen molar-refractivity contribution in [1.82, 2.24) is 0 Å². The van der Waals surface area contributed by atoms with Crippen LogP contribution >= 0.6 is 0 Å². The van der Waals surface area contributed by atoms with Gasteiger partial charge in [0, 0.05) is 14.4 Å². The molecule has 0 saturated carbocycles. The molecule has 5 nitrogen and oxygen atoms in total. The van der Waals surface area contributed by atoms with E-state index in [1.807, 2.05) is 12.2 Å². The van der Waals surface area contributed by atoms with Crippen LogP contribution in [0, 0.1) is 0 Å². The monoisotopic (exact) mass is 383 g/mol. The lowest BCUT2D eigenvalue weighted by molar-refractivity contribution is -0.170. The first kappa shape index (κ1) is 20.8. The average molecular weight is 384 g/mol. The summed E-state index contributed by atoms with van der Waals surface area (Å²) in [6.45, 7) is 0.828. The number of aliphatic hydroxyl groups is 1. The average Bonchev–Trinajstić information content (AvgIpc) is 3.09. The Morgan fingerprint density at radius 2 is 1.48 bits per heavy atom. The zero-order valence-electron chi connectivity index (χ0n) is 17.7. The van der Waals surface area contributed by atoms with Gasteiger partial charge in [-0.15, -0.1) is 0 Å². The summed E-state index contributed by atoms with van der Waals surface area (Å²) in [5, 5.41) is 8.73. The quantitative estimate of drug-likeness (QED) is 0.238. The summed E-state index contributed by atoms with van der Waals surface area (Å²) < 4.78 is 24.3. The van der Waals surface area contributed by atoms with Crippen LogP contribution in [0.5, 0.6) is 0 Å². The second-order valence-corrected chi connectivity index (χ2v) is 7.62. The zero-order chi connectivity index (χ0) is 20.0. The molecule has 0 spiro atoms. The van der Waals surface area contributed by atoms with Crippen LogP contribution in [-0.4, -0.2) is 42.8 Å². The highest BCUT2D eigenvalue weighted by atomic mass is 16.7. The van der Waals surface area contributed by atoms with Gasteiger partial charge >= 0.3 is 5.97 Å². The molecule has 4 atom stereocenters. The maximum atomic E-state index is 12.1. The van der Waals surface area contributed by atoms with E-state index >= 15 is 0 Å². The van der Waals surface area contributed by atoms with E-state index in [4.69, 9.17) is 20.7 Å². The molecule has 2 bridgehead atoms. The molecule has 0 amide bonds. The minimum absolute atomic E-state index is 0.0244. The smallest absolute Gasteiger partial charge is 0.306 e. The molecule has 1 N–H and O–H groups in total. The number of fused-ring (bicyclic) bond motifs is 2. The third kappa shape index (κ3) is 9.72. The Kier molecular flexibility index (Phi) is 10.9. The number of esters is 1. The topological polar surface area (TPSA) is 65.0 Å². The molecule has 1 fully saturated rings. The fourth-order valence-corrected chi connectivity index (χ4v) is 3.56. The first-order chi connectivity index (χ1) is 13.7.